The zero-order valence-electron chi connectivity index (χ0n) is 10.2. The standard InChI is InChI=1S/C14H11FN2O2/c1-18-11-4-2-9(8-16)13(7-11)19-14-6-10(15)3-5-12(14)17/h2-7H,17H2,1H3. The molecule has 5 heteroatoms. The second kappa shape index (κ2) is 5.27. The van der Waals surface area contributed by atoms with Gasteiger partial charge >= 0.3 is 0 Å². The maximum Gasteiger partial charge on any atom is 0.153 e. The van der Waals surface area contributed by atoms with Crippen molar-refractivity contribution in [1.29, 1.82) is 5.26 Å². The molecule has 2 aromatic rings. The molecule has 0 amide bonds. The number of anilines is 1. The van der Waals surface area contributed by atoms with Crippen molar-refractivity contribution in [3.63, 3.8) is 0 Å². The summed E-state index contributed by atoms with van der Waals surface area (Å²) in [6.45, 7) is 0. The van der Waals surface area contributed by atoms with Gasteiger partial charge < -0.3 is 15.2 Å². The van der Waals surface area contributed by atoms with Crippen molar-refractivity contribution in [1.82, 2.24) is 0 Å². The lowest BCUT2D eigenvalue weighted by Gasteiger charge is -2.11. The first kappa shape index (κ1) is 12.7. The Balaban J connectivity index is 2.42. The highest BCUT2D eigenvalue weighted by Crippen LogP contribution is 2.32. The van der Waals surface area contributed by atoms with Gasteiger partial charge in [-0.1, -0.05) is 0 Å². The molecule has 0 fully saturated rings. The van der Waals surface area contributed by atoms with E-state index in [0.29, 0.717) is 11.3 Å². The third-order valence-corrected chi connectivity index (χ3v) is 2.50. The molecule has 0 unspecified atom stereocenters. The van der Waals surface area contributed by atoms with E-state index in [-0.39, 0.29) is 17.2 Å². The lowest BCUT2D eigenvalue weighted by molar-refractivity contribution is 0.408. The van der Waals surface area contributed by atoms with E-state index in [1.54, 1.807) is 18.2 Å². The van der Waals surface area contributed by atoms with Crippen LogP contribution >= 0.6 is 0 Å². The van der Waals surface area contributed by atoms with Gasteiger partial charge in [0, 0.05) is 12.1 Å². The topological polar surface area (TPSA) is 68.3 Å². The fourth-order valence-corrected chi connectivity index (χ4v) is 1.52. The zero-order chi connectivity index (χ0) is 13.8. The van der Waals surface area contributed by atoms with Crippen LogP contribution in [0.2, 0.25) is 0 Å². The van der Waals surface area contributed by atoms with Crippen molar-refractivity contribution < 1.29 is 13.9 Å². The van der Waals surface area contributed by atoms with Crippen LogP contribution in [0.4, 0.5) is 10.1 Å². The first-order valence-corrected chi connectivity index (χ1v) is 5.45. The molecule has 0 heterocycles. The number of methoxy groups -OCH3 is 1. The van der Waals surface area contributed by atoms with Gasteiger partial charge in [-0.15, -0.1) is 0 Å². The fourth-order valence-electron chi connectivity index (χ4n) is 1.52. The summed E-state index contributed by atoms with van der Waals surface area (Å²) in [6, 6.07) is 10.5. The lowest BCUT2D eigenvalue weighted by Crippen LogP contribution is -1.95. The van der Waals surface area contributed by atoms with Gasteiger partial charge in [0.05, 0.1) is 18.4 Å². The SMILES string of the molecule is COc1ccc(C#N)c(Oc2cc(F)ccc2N)c1. The number of benzene rings is 2. The van der Waals surface area contributed by atoms with E-state index in [0.717, 1.165) is 6.07 Å². The van der Waals surface area contributed by atoms with Gasteiger partial charge in [-0.2, -0.15) is 5.26 Å². The van der Waals surface area contributed by atoms with Crippen LogP contribution in [0, 0.1) is 17.1 Å². The number of rotatable bonds is 3. The number of hydrogen-bond donors (Lipinski definition) is 1. The summed E-state index contributed by atoms with van der Waals surface area (Å²) in [4.78, 5) is 0. The average molecular weight is 258 g/mol. The van der Waals surface area contributed by atoms with Crippen LogP contribution in [0.3, 0.4) is 0 Å². The monoisotopic (exact) mass is 258 g/mol. The van der Waals surface area contributed by atoms with Crippen LogP contribution in [0.1, 0.15) is 5.56 Å². The Bertz CT molecular complexity index is 650. The molecule has 0 saturated carbocycles. The van der Waals surface area contributed by atoms with Gasteiger partial charge in [0.25, 0.3) is 0 Å². The molecule has 96 valence electrons. The summed E-state index contributed by atoms with van der Waals surface area (Å²) in [6.07, 6.45) is 0. The molecule has 0 aromatic heterocycles. The molecule has 2 N–H and O–H groups in total. The quantitative estimate of drug-likeness (QED) is 0.859. The Morgan fingerprint density at radius 3 is 2.63 bits per heavy atom. The van der Waals surface area contributed by atoms with Crippen LogP contribution < -0.4 is 15.2 Å². The van der Waals surface area contributed by atoms with E-state index in [1.165, 1.54) is 19.2 Å². The molecule has 0 aliphatic heterocycles. The van der Waals surface area contributed by atoms with Crippen LogP contribution in [0.15, 0.2) is 36.4 Å². The van der Waals surface area contributed by atoms with Crippen molar-refractivity contribution >= 4 is 5.69 Å². The molecule has 0 spiro atoms. The van der Waals surface area contributed by atoms with Gasteiger partial charge in [0.15, 0.2) is 5.75 Å². The highest BCUT2D eigenvalue weighted by Gasteiger charge is 2.09. The van der Waals surface area contributed by atoms with E-state index in [4.69, 9.17) is 20.5 Å². The summed E-state index contributed by atoms with van der Waals surface area (Å²) in [7, 11) is 1.50. The Morgan fingerprint density at radius 1 is 1.16 bits per heavy atom. The first-order chi connectivity index (χ1) is 9.13. The highest BCUT2D eigenvalue weighted by molar-refractivity contribution is 5.56. The van der Waals surface area contributed by atoms with Crippen LogP contribution in [-0.4, -0.2) is 7.11 Å². The van der Waals surface area contributed by atoms with E-state index >= 15 is 0 Å². The summed E-state index contributed by atoms with van der Waals surface area (Å²) < 4.78 is 23.7. The number of nitrogens with zero attached hydrogens (tertiary/aromatic N) is 1. The zero-order valence-corrected chi connectivity index (χ0v) is 10.2. The van der Waals surface area contributed by atoms with Crippen LogP contribution in [-0.2, 0) is 0 Å². The maximum absolute atomic E-state index is 13.2. The molecule has 0 saturated heterocycles. The number of nitrogen functional groups attached to an aromatic ring is 1. The molecule has 0 radical (unpaired) electrons. The minimum Gasteiger partial charge on any atom is -0.497 e. The van der Waals surface area contributed by atoms with Crippen LogP contribution in [0.25, 0.3) is 0 Å². The van der Waals surface area contributed by atoms with Gasteiger partial charge in [0.2, 0.25) is 0 Å². The summed E-state index contributed by atoms with van der Waals surface area (Å²) in [5.41, 5.74) is 6.29. The van der Waals surface area contributed by atoms with Gasteiger partial charge in [-0.05, 0) is 24.3 Å². The van der Waals surface area contributed by atoms with E-state index in [1.807, 2.05) is 6.07 Å². The van der Waals surface area contributed by atoms with E-state index < -0.39 is 5.82 Å². The van der Waals surface area contributed by atoms with Crippen molar-refractivity contribution in [3.05, 3.63) is 47.8 Å². The first-order valence-electron chi connectivity index (χ1n) is 5.45. The third-order valence-electron chi connectivity index (χ3n) is 2.50. The molecular weight excluding hydrogens is 247 g/mol. The predicted molar refractivity (Wildman–Crippen MR) is 68.6 cm³/mol. The van der Waals surface area contributed by atoms with Crippen molar-refractivity contribution in [2.45, 2.75) is 0 Å². The Hall–Kier alpha value is -2.74. The summed E-state index contributed by atoms with van der Waals surface area (Å²) in [5.74, 6) is 0.485. The summed E-state index contributed by atoms with van der Waals surface area (Å²) in [5, 5.41) is 9.01. The Labute approximate surface area is 109 Å². The highest BCUT2D eigenvalue weighted by atomic mass is 19.1. The van der Waals surface area contributed by atoms with Gasteiger partial charge in [-0.25, -0.2) is 4.39 Å². The molecule has 0 aliphatic carbocycles. The van der Waals surface area contributed by atoms with Crippen molar-refractivity contribution in [2.24, 2.45) is 0 Å². The molecule has 4 nitrogen and oxygen atoms in total. The van der Waals surface area contributed by atoms with Crippen molar-refractivity contribution in [2.75, 3.05) is 12.8 Å². The molecule has 2 rings (SSSR count). The molecule has 2 aromatic carbocycles. The van der Waals surface area contributed by atoms with E-state index in [2.05, 4.69) is 0 Å². The second-order valence-electron chi connectivity index (χ2n) is 3.76. The van der Waals surface area contributed by atoms with Crippen LogP contribution in [0.5, 0.6) is 17.2 Å². The smallest absolute Gasteiger partial charge is 0.153 e. The number of halogens is 1. The third kappa shape index (κ3) is 2.75. The van der Waals surface area contributed by atoms with Gasteiger partial charge in [-0.3, -0.25) is 0 Å². The number of nitrogens with two attached hydrogens (primary N) is 1. The Kier molecular flexibility index (Phi) is 3.53. The molecule has 19 heavy (non-hydrogen) atoms. The fraction of sp³-hybridized carbons (Fsp3) is 0.0714. The minimum atomic E-state index is -0.467. The predicted octanol–water partition coefficient (Wildman–Crippen LogP) is 3.08. The molecular formula is C14H11FN2O2. The average Bonchev–Trinajstić information content (AvgIpc) is 2.42. The largest absolute Gasteiger partial charge is 0.497 e. The normalized spacial score (nSPS) is 9.74. The number of ether oxygens (including phenoxy) is 2. The maximum atomic E-state index is 13.2. The number of hydrogen-bond acceptors (Lipinski definition) is 4. The summed E-state index contributed by atoms with van der Waals surface area (Å²) >= 11 is 0. The molecule has 0 bridgehead atoms. The van der Waals surface area contributed by atoms with E-state index in [9.17, 15) is 4.39 Å². The minimum absolute atomic E-state index is 0.157. The number of nitriles is 1. The Morgan fingerprint density at radius 2 is 1.95 bits per heavy atom. The van der Waals surface area contributed by atoms with Gasteiger partial charge in [0.1, 0.15) is 23.4 Å². The van der Waals surface area contributed by atoms with Crippen molar-refractivity contribution in [3.8, 4) is 23.3 Å². The second-order valence-corrected chi connectivity index (χ2v) is 3.76. The lowest BCUT2D eigenvalue weighted by atomic mass is 10.2. The molecule has 0 atom stereocenters. The molecule has 0 aliphatic rings.